The summed E-state index contributed by atoms with van der Waals surface area (Å²) in [5, 5.41) is 3.13. The standard InChI is InChI=1S/C14H16FN3O/c1-4-16-14-9(2)13(17-8-18-14)11-6-5-10(19-3)7-12(11)15/h5-8H,4H2,1-3H3,(H,16,17,18). The van der Waals surface area contributed by atoms with E-state index in [4.69, 9.17) is 4.74 Å². The van der Waals surface area contributed by atoms with E-state index in [1.807, 2.05) is 13.8 Å². The Morgan fingerprint density at radius 1 is 1.32 bits per heavy atom. The van der Waals surface area contributed by atoms with E-state index in [0.29, 0.717) is 17.0 Å². The Labute approximate surface area is 111 Å². The summed E-state index contributed by atoms with van der Waals surface area (Å²) >= 11 is 0. The highest BCUT2D eigenvalue weighted by Crippen LogP contribution is 2.29. The molecule has 0 atom stereocenters. The van der Waals surface area contributed by atoms with Crippen molar-refractivity contribution in [1.82, 2.24) is 9.97 Å². The van der Waals surface area contributed by atoms with Gasteiger partial charge in [0.2, 0.25) is 0 Å². The van der Waals surface area contributed by atoms with Crippen LogP contribution in [-0.2, 0) is 0 Å². The second-order valence-electron chi connectivity index (χ2n) is 4.07. The largest absolute Gasteiger partial charge is 0.497 e. The van der Waals surface area contributed by atoms with Gasteiger partial charge in [-0.2, -0.15) is 0 Å². The summed E-state index contributed by atoms with van der Waals surface area (Å²) in [4.78, 5) is 8.32. The first kappa shape index (κ1) is 13.3. The Morgan fingerprint density at radius 3 is 2.74 bits per heavy atom. The SMILES string of the molecule is CCNc1ncnc(-c2ccc(OC)cc2F)c1C. The van der Waals surface area contributed by atoms with Gasteiger partial charge in [0.25, 0.3) is 0 Å². The van der Waals surface area contributed by atoms with Crippen LogP contribution in [0.2, 0.25) is 0 Å². The first-order chi connectivity index (χ1) is 9.17. The summed E-state index contributed by atoms with van der Waals surface area (Å²) in [7, 11) is 1.51. The van der Waals surface area contributed by atoms with Gasteiger partial charge in [0.05, 0.1) is 12.8 Å². The van der Waals surface area contributed by atoms with E-state index < -0.39 is 0 Å². The Balaban J connectivity index is 2.50. The zero-order valence-electron chi connectivity index (χ0n) is 11.2. The third-order valence-electron chi connectivity index (χ3n) is 2.86. The van der Waals surface area contributed by atoms with Crippen molar-refractivity contribution in [2.75, 3.05) is 19.0 Å². The highest BCUT2D eigenvalue weighted by molar-refractivity contribution is 5.68. The van der Waals surface area contributed by atoms with Gasteiger partial charge in [-0.15, -0.1) is 0 Å². The van der Waals surface area contributed by atoms with Crippen molar-refractivity contribution in [3.8, 4) is 17.0 Å². The molecule has 1 N–H and O–H groups in total. The van der Waals surface area contributed by atoms with E-state index in [0.717, 1.165) is 17.9 Å². The summed E-state index contributed by atoms with van der Waals surface area (Å²) in [6.45, 7) is 4.61. The average molecular weight is 261 g/mol. The summed E-state index contributed by atoms with van der Waals surface area (Å²) < 4.78 is 19.1. The van der Waals surface area contributed by atoms with Crippen molar-refractivity contribution in [2.45, 2.75) is 13.8 Å². The fourth-order valence-electron chi connectivity index (χ4n) is 1.88. The number of benzene rings is 1. The van der Waals surface area contributed by atoms with Crippen molar-refractivity contribution in [3.05, 3.63) is 35.9 Å². The molecule has 0 aliphatic rings. The number of nitrogens with one attached hydrogen (secondary N) is 1. The molecule has 2 rings (SSSR count). The maximum absolute atomic E-state index is 14.1. The van der Waals surface area contributed by atoms with Crippen LogP contribution in [0.3, 0.4) is 0 Å². The Morgan fingerprint density at radius 2 is 2.11 bits per heavy atom. The second kappa shape index (κ2) is 5.65. The number of hydrogen-bond donors (Lipinski definition) is 1. The number of methoxy groups -OCH3 is 1. The molecule has 1 aromatic carbocycles. The lowest BCUT2D eigenvalue weighted by molar-refractivity contribution is 0.411. The zero-order chi connectivity index (χ0) is 13.8. The molecule has 0 amide bonds. The van der Waals surface area contributed by atoms with E-state index >= 15 is 0 Å². The molecule has 0 aliphatic carbocycles. The van der Waals surface area contributed by atoms with Gasteiger partial charge < -0.3 is 10.1 Å². The first-order valence-electron chi connectivity index (χ1n) is 6.06. The smallest absolute Gasteiger partial charge is 0.136 e. The topological polar surface area (TPSA) is 47.0 Å². The van der Waals surface area contributed by atoms with Gasteiger partial charge in [-0.3, -0.25) is 0 Å². The fourth-order valence-corrected chi connectivity index (χ4v) is 1.88. The van der Waals surface area contributed by atoms with Crippen LogP contribution in [0.4, 0.5) is 10.2 Å². The zero-order valence-corrected chi connectivity index (χ0v) is 11.2. The number of nitrogens with zero attached hydrogens (tertiary/aromatic N) is 2. The number of ether oxygens (including phenoxy) is 1. The highest BCUT2D eigenvalue weighted by atomic mass is 19.1. The van der Waals surface area contributed by atoms with Crippen LogP contribution in [0.5, 0.6) is 5.75 Å². The lowest BCUT2D eigenvalue weighted by Gasteiger charge is -2.11. The van der Waals surface area contributed by atoms with Gasteiger partial charge in [-0.25, -0.2) is 14.4 Å². The minimum absolute atomic E-state index is 0.358. The van der Waals surface area contributed by atoms with Crippen LogP contribution in [0.25, 0.3) is 11.3 Å². The predicted molar refractivity (Wildman–Crippen MR) is 72.9 cm³/mol. The molecule has 100 valence electrons. The second-order valence-corrected chi connectivity index (χ2v) is 4.07. The molecule has 0 unspecified atom stereocenters. The molecule has 0 radical (unpaired) electrons. The normalized spacial score (nSPS) is 10.3. The molecular weight excluding hydrogens is 245 g/mol. The van der Waals surface area contributed by atoms with Crippen LogP contribution in [0.15, 0.2) is 24.5 Å². The van der Waals surface area contributed by atoms with Gasteiger partial charge in [-0.1, -0.05) is 0 Å². The Bertz CT molecular complexity index is 587. The van der Waals surface area contributed by atoms with Gasteiger partial charge >= 0.3 is 0 Å². The minimum Gasteiger partial charge on any atom is -0.497 e. The molecule has 5 heteroatoms. The number of anilines is 1. The van der Waals surface area contributed by atoms with Crippen molar-refractivity contribution >= 4 is 5.82 Å². The molecule has 0 fully saturated rings. The summed E-state index contributed by atoms with van der Waals surface area (Å²) in [6.07, 6.45) is 1.43. The molecule has 0 bridgehead atoms. The van der Waals surface area contributed by atoms with Gasteiger partial charge in [-0.05, 0) is 26.0 Å². The molecule has 1 aromatic heterocycles. The fraction of sp³-hybridized carbons (Fsp3) is 0.286. The van der Waals surface area contributed by atoms with Crippen molar-refractivity contribution < 1.29 is 9.13 Å². The third-order valence-corrected chi connectivity index (χ3v) is 2.86. The summed E-state index contributed by atoms with van der Waals surface area (Å²) in [6, 6.07) is 4.73. The lowest BCUT2D eigenvalue weighted by atomic mass is 10.1. The van der Waals surface area contributed by atoms with Crippen LogP contribution in [0, 0.1) is 12.7 Å². The van der Waals surface area contributed by atoms with Crippen molar-refractivity contribution in [3.63, 3.8) is 0 Å². The number of hydrogen-bond acceptors (Lipinski definition) is 4. The Kier molecular flexibility index (Phi) is 3.94. The molecular formula is C14H16FN3O. The van der Waals surface area contributed by atoms with E-state index in [2.05, 4.69) is 15.3 Å². The highest BCUT2D eigenvalue weighted by Gasteiger charge is 2.13. The van der Waals surface area contributed by atoms with Gasteiger partial charge in [0.15, 0.2) is 0 Å². The molecule has 19 heavy (non-hydrogen) atoms. The maximum atomic E-state index is 14.1. The monoisotopic (exact) mass is 261 g/mol. The van der Waals surface area contributed by atoms with Crippen molar-refractivity contribution in [2.24, 2.45) is 0 Å². The van der Waals surface area contributed by atoms with Crippen molar-refractivity contribution in [1.29, 1.82) is 0 Å². The molecule has 0 saturated carbocycles. The van der Waals surface area contributed by atoms with E-state index in [1.165, 1.54) is 19.5 Å². The average Bonchev–Trinajstić information content (AvgIpc) is 2.42. The molecule has 4 nitrogen and oxygen atoms in total. The number of halogens is 1. The van der Waals surface area contributed by atoms with Crippen LogP contribution >= 0.6 is 0 Å². The van der Waals surface area contributed by atoms with Gasteiger partial charge in [0.1, 0.15) is 23.7 Å². The van der Waals surface area contributed by atoms with E-state index in [1.54, 1.807) is 12.1 Å². The Hall–Kier alpha value is -2.17. The molecule has 0 saturated heterocycles. The summed E-state index contributed by atoms with van der Waals surface area (Å²) in [5.74, 6) is 0.853. The van der Waals surface area contributed by atoms with E-state index in [9.17, 15) is 4.39 Å². The summed E-state index contributed by atoms with van der Waals surface area (Å²) in [5.41, 5.74) is 1.86. The lowest BCUT2D eigenvalue weighted by Crippen LogP contribution is -2.04. The van der Waals surface area contributed by atoms with Crippen LogP contribution < -0.4 is 10.1 Å². The minimum atomic E-state index is -0.358. The molecule has 1 heterocycles. The molecule has 0 aliphatic heterocycles. The maximum Gasteiger partial charge on any atom is 0.136 e. The predicted octanol–water partition coefficient (Wildman–Crippen LogP) is 3.03. The van der Waals surface area contributed by atoms with Crippen LogP contribution in [-0.4, -0.2) is 23.6 Å². The van der Waals surface area contributed by atoms with Crippen LogP contribution in [0.1, 0.15) is 12.5 Å². The van der Waals surface area contributed by atoms with Gasteiger partial charge in [0, 0.05) is 23.7 Å². The quantitative estimate of drug-likeness (QED) is 0.919. The molecule has 2 aromatic rings. The number of rotatable bonds is 4. The third kappa shape index (κ3) is 2.65. The molecule has 0 spiro atoms. The first-order valence-corrected chi connectivity index (χ1v) is 6.06. The number of aromatic nitrogens is 2. The van der Waals surface area contributed by atoms with E-state index in [-0.39, 0.29) is 5.82 Å².